The monoisotopic (exact) mass is 237 g/mol. The Bertz CT molecular complexity index is 331. The molecule has 0 amide bonds. The van der Waals surface area contributed by atoms with E-state index in [1.165, 1.54) is 29.0 Å². The van der Waals surface area contributed by atoms with Crippen LogP contribution in [0, 0.1) is 18.8 Å². The molecule has 0 aromatic carbocycles. The Morgan fingerprint density at radius 3 is 2.69 bits per heavy atom. The Morgan fingerprint density at radius 2 is 2.06 bits per heavy atom. The van der Waals surface area contributed by atoms with Gasteiger partial charge in [-0.15, -0.1) is 11.3 Å². The molecule has 0 saturated heterocycles. The standard InChI is InChI=1S/C14H23NS/c1-10-4-6-13(8-11(10)2)15-9-14-7-5-12(3)16-14/h5,7,10-11,13,15H,4,6,8-9H2,1-3H3. The summed E-state index contributed by atoms with van der Waals surface area (Å²) < 4.78 is 0. The molecule has 1 saturated carbocycles. The molecule has 0 spiro atoms. The maximum atomic E-state index is 3.71. The van der Waals surface area contributed by atoms with Gasteiger partial charge in [0, 0.05) is 22.3 Å². The SMILES string of the molecule is Cc1ccc(CNC2CCC(C)C(C)C2)s1. The van der Waals surface area contributed by atoms with Crippen molar-refractivity contribution in [3.05, 3.63) is 21.9 Å². The zero-order valence-electron chi connectivity index (χ0n) is 10.6. The fourth-order valence-corrected chi connectivity index (χ4v) is 3.40. The summed E-state index contributed by atoms with van der Waals surface area (Å²) in [4.78, 5) is 2.89. The normalized spacial score (nSPS) is 30.6. The van der Waals surface area contributed by atoms with E-state index in [1.54, 1.807) is 0 Å². The molecule has 1 fully saturated rings. The predicted octanol–water partition coefficient (Wildman–Crippen LogP) is 3.97. The van der Waals surface area contributed by atoms with Crippen LogP contribution in [0.3, 0.4) is 0 Å². The average Bonchev–Trinajstić information content (AvgIpc) is 2.66. The molecule has 1 aliphatic carbocycles. The van der Waals surface area contributed by atoms with Crippen LogP contribution in [0.15, 0.2) is 12.1 Å². The second-order valence-corrected chi connectivity index (χ2v) is 6.73. The second kappa shape index (κ2) is 5.33. The zero-order chi connectivity index (χ0) is 11.5. The molecule has 1 aromatic rings. The first kappa shape index (κ1) is 12.1. The van der Waals surface area contributed by atoms with Crippen molar-refractivity contribution in [2.75, 3.05) is 0 Å². The lowest BCUT2D eigenvalue weighted by atomic mass is 9.79. The molecule has 16 heavy (non-hydrogen) atoms. The molecule has 0 aliphatic heterocycles. The third-order valence-corrected chi connectivity index (χ3v) is 4.96. The summed E-state index contributed by atoms with van der Waals surface area (Å²) in [7, 11) is 0. The van der Waals surface area contributed by atoms with Crippen LogP contribution in [0.25, 0.3) is 0 Å². The van der Waals surface area contributed by atoms with Gasteiger partial charge in [0.15, 0.2) is 0 Å². The van der Waals surface area contributed by atoms with Gasteiger partial charge in [-0.25, -0.2) is 0 Å². The first-order chi connectivity index (χ1) is 7.65. The smallest absolute Gasteiger partial charge is 0.0302 e. The quantitative estimate of drug-likeness (QED) is 0.838. The van der Waals surface area contributed by atoms with E-state index < -0.39 is 0 Å². The summed E-state index contributed by atoms with van der Waals surface area (Å²) in [6.45, 7) is 8.03. The highest BCUT2D eigenvalue weighted by Gasteiger charge is 2.23. The van der Waals surface area contributed by atoms with Gasteiger partial charge in [-0.1, -0.05) is 13.8 Å². The van der Waals surface area contributed by atoms with Crippen LogP contribution < -0.4 is 5.32 Å². The third kappa shape index (κ3) is 3.08. The molecular formula is C14H23NS. The van der Waals surface area contributed by atoms with Crippen LogP contribution in [0.5, 0.6) is 0 Å². The Hall–Kier alpha value is -0.340. The molecule has 3 atom stereocenters. The largest absolute Gasteiger partial charge is 0.309 e. The molecule has 0 radical (unpaired) electrons. The number of hydrogen-bond donors (Lipinski definition) is 1. The van der Waals surface area contributed by atoms with Gasteiger partial charge >= 0.3 is 0 Å². The molecule has 90 valence electrons. The minimum absolute atomic E-state index is 0.744. The third-order valence-electron chi connectivity index (χ3n) is 3.96. The van der Waals surface area contributed by atoms with E-state index in [9.17, 15) is 0 Å². The Balaban J connectivity index is 1.78. The summed E-state index contributed by atoms with van der Waals surface area (Å²) >= 11 is 1.92. The molecule has 1 nitrogen and oxygen atoms in total. The lowest BCUT2D eigenvalue weighted by molar-refractivity contribution is 0.226. The maximum absolute atomic E-state index is 3.71. The van der Waals surface area contributed by atoms with Gasteiger partial charge in [0.05, 0.1) is 0 Å². The van der Waals surface area contributed by atoms with Crippen molar-refractivity contribution in [3.8, 4) is 0 Å². The van der Waals surface area contributed by atoms with Crippen LogP contribution in [-0.2, 0) is 6.54 Å². The second-order valence-electron chi connectivity index (χ2n) is 5.36. The molecule has 1 heterocycles. The van der Waals surface area contributed by atoms with E-state index >= 15 is 0 Å². The first-order valence-corrected chi connectivity index (χ1v) is 7.25. The van der Waals surface area contributed by atoms with Crippen molar-refractivity contribution in [1.82, 2.24) is 5.32 Å². The molecule has 1 N–H and O–H groups in total. The number of thiophene rings is 1. The fraction of sp³-hybridized carbons (Fsp3) is 0.714. The van der Waals surface area contributed by atoms with Gasteiger partial charge in [-0.2, -0.15) is 0 Å². The van der Waals surface area contributed by atoms with Crippen molar-refractivity contribution in [3.63, 3.8) is 0 Å². The van der Waals surface area contributed by atoms with Crippen LogP contribution in [0.1, 0.15) is 42.9 Å². The highest BCUT2D eigenvalue weighted by atomic mass is 32.1. The van der Waals surface area contributed by atoms with Gasteiger partial charge in [-0.3, -0.25) is 0 Å². The summed E-state index contributed by atoms with van der Waals surface area (Å²) in [5, 5.41) is 3.71. The highest BCUT2D eigenvalue weighted by Crippen LogP contribution is 2.29. The van der Waals surface area contributed by atoms with Crippen LogP contribution in [0.4, 0.5) is 0 Å². The molecule has 1 aromatic heterocycles. The summed E-state index contributed by atoms with van der Waals surface area (Å²) in [5.74, 6) is 1.80. The van der Waals surface area contributed by atoms with Crippen LogP contribution in [-0.4, -0.2) is 6.04 Å². The van der Waals surface area contributed by atoms with E-state index in [2.05, 4.69) is 38.2 Å². The van der Waals surface area contributed by atoms with Crippen molar-refractivity contribution < 1.29 is 0 Å². The lowest BCUT2D eigenvalue weighted by Crippen LogP contribution is -2.35. The summed E-state index contributed by atoms with van der Waals surface area (Å²) in [6, 6.07) is 5.21. The fourth-order valence-electron chi connectivity index (χ4n) is 2.56. The average molecular weight is 237 g/mol. The maximum Gasteiger partial charge on any atom is 0.0302 e. The summed E-state index contributed by atoms with van der Waals surface area (Å²) in [5.41, 5.74) is 0. The van der Waals surface area contributed by atoms with Crippen molar-refractivity contribution >= 4 is 11.3 Å². The molecule has 0 bridgehead atoms. The van der Waals surface area contributed by atoms with Crippen LogP contribution in [0.2, 0.25) is 0 Å². The molecule has 1 aliphatic rings. The Kier molecular flexibility index (Phi) is 4.04. The number of aryl methyl sites for hydroxylation is 1. The first-order valence-electron chi connectivity index (χ1n) is 6.44. The highest BCUT2D eigenvalue weighted by molar-refractivity contribution is 7.11. The van der Waals surface area contributed by atoms with E-state index in [0.717, 1.165) is 24.4 Å². The topological polar surface area (TPSA) is 12.0 Å². The number of rotatable bonds is 3. The Labute approximate surface area is 103 Å². The predicted molar refractivity (Wildman–Crippen MR) is 71.9 cm³/mol. The number of hydrogen-bond acceptors (Lipinski definition) is 2. The lowest BCUT2D eigenvalue weighted by Gasteiger charge is -2.32. The molecular weight excluding hydrogens is 214 g/mol. The summed E-state index contributed by atoms with van der Waals surface area (Å²) in [6.07, 6.45) is 4.10. The van der Waals surface area contributed by atoms with E-state index in [0.29, 0.717) is 0 Å². The number of nitrogens with one attached hydrogen (secondary N) is 1. The minimum atomic E-state index is 0.744. The van der Waals surface area contributed by atoms with Crippen LogP contribution >= 0.6 is 11.3 Å². The van der Waals surface area contributed by atoms with Crippen molar-refractivity contribution in [1.29, 1.82) is 0 Å². The molecule has 3 unspecified atom stereocenters. The van der Waals surface area contributed by atoms with Gasteiger partial charge in [0.2, 0.25) is 0 Å². The van der Waals surface area contributed by atoms with Gasteiger partial charge in [-0.05, 0) is 50.2 Å². The van der Waals surface area contributed by atoms with Gasteiger partial charge in [0.1, 0.15) is 0 Å². The van der Waals surface area contributed by atoms with Crippen molar-refractivity contribution in [2.45, 2.75) is 52.6 Å². The van der Waals surface area contributed by atoms with Crippen molar-refractivity contribution in [2.24, 2.45) is 11.8 Å². The Morgan fingerprint density at radius 1 is 1.25 bits per heavy atom. The molecule has 2 heteroatoms. The van der Waals surface area contributed by atoms with E-state index in [-0.39, 0.29) is 0 Å². The van der Waals surface area contributed by atoms with Gasteiger partial charge < -0.3 is 5.32 Å². The molecule has 2 rings (SSSR count). The van der Waals surface area contributed by atoms with E-state index in [1.807, 2.05) is 11.3 Å². The van der Waals surface area contributed by atoms with E-state index in [4.69, 9.17) is 0 Å². The van der Waals surface area contributed by atoms with Gasteiger partial charge in [0.25, 0.3) is 0 Å². The zero-order valence-corrected chi connectivity index (χ0v) is 11.4. The minimum Gasteiger partial charge on any atom is -0.309 e.